The predicted molar refractivity (Wildman–Crippen MR) is 123 cm³/mol. The van der Waals surface area contributed by atoms with Crippen molar-refractivity contribution in [3.8, 4) is 11.3 Å². The molecule has 2 aromatic heterocycles. The van der Waals surface area contributed by atoms with Gasteiger partial charge in [0.2, 0.25) is 0 Å². The molecule has 3 N–H and O–H groups in total. The number of carbonyl (C=O) groups excluding carboxylic acids is 1. The minimum absolute atomic E-state index is 0.401. The molecule has 2 heterocycles. The van der Waals surface area contributed by atoms with Gasteiger partial charge in [0.25, 0.3) is 0 Å². The molecule has 7 heteroatoms. The summed E-state index contributed by atoms with van der Waals surface area (Å²) in [6.45, 7) is 5.52. The van der Waals surface area contributed by atoms with Gasteiger partial charge < -0.3 is 20.0 Å². The number of halogens is 1. The van der Waals surface area contributed by atoms with E-state index in [9.17, 15) is 4.79 Å². The van der Waals surface area contributed by atoms with Crippen LogP contribution < -0.4 is 5.32 Å². The first kappa shape index (κ1) is 21.0. The van der Waals surface area contributed by atoms with Crippen molar-refractivity contribution in [3.05, 3.63) is 77.3 Å². The molecule has 0 spiro atoms. The number of aromatic nitrogens is 3. The van der Waals surface area contributed by atoms with Gasteiger partial charge in [-0.05, 0) is 44.0 Å². The first-order valence-electron chi connectivity index (χ1n) is 10.1. The van der Waals surface area contributed by atoms with E-state index in [2.05, 4.69) is 20.3 Å². The molecular weight excluding hydrogens is 412 g/mol. The Morgan fingerprint density at radius 1 is 1.19 bits per heavy atom. The van der Waals surface area contributed by atoms with Crippen LogP contribution >= 0.6 is 11.6 Å². The first-order valence-corrected chi connectivity index (χ1v) is 10.5. The summed E-state index contributed by atoms with van der Waals surface area (Å²) in [5.74, 6) is 0.660. The molecule has 1 amide bonds. The summed E-state index contributed by atoms with van der Waals surface area (Å²) in [7, 11) is 0. The van der Waals surface area contributed by atoms with Gasteiger partial charge in [-0.15, -0.1) is 0 Å². The molecule has 4 rings (SSSR count). The van der Waals surface area contributed by atoms with E-state index in [-0.39, 0.29) is 0 Å². The third-order valence-corrected chi connectivity index (χ3v) is 5.09. The fourth-order valence-electron chi connectivity index (χ4n) is 3.49. The van der Waals surface area contributed by atoms with Gasteiger partial charge in [-0.1, -0.05) is 48.0 Å². The summed E-state index contributed by atoms with van der Waals surface area (Å²) in [5, 5.41) is 4.69. The van der Waals surface area contributed by atoms with Crippen molar-refractivity contribution in [1.29, 1.82) is 0 Å². The second kappa shape index (κ2) is 8.47. The van der Waals surface area contributed by atoms with Crippen molar-refractivity contribution in [2.24, 2.45) is 0 Å². The zero-order valence-electron chi connectivity index (χ0n) is 17.7. The summed E-state index contributed by atoms with van der Waals surface area (Å²) in [6.07, 6.45) is 3.76. The lowest BCUT2D eigenvalue weighted by Gasteiger charge is -2.23. The molecule has 0 fully saturated rings. The van der Waals surface area contributed by atoms with E-state index in [4.69, 9.17) is 16.3 Å². The second-order valence-corrected chi connectivity index (χ2v) is 8.89. The van der Waals surface area contributed by atoms with E-state index in [1.807, 2.05) is 75.5 Å². The summed E-state index contributed by atoms with van der Waals surface area (Å²) in [6, 6.07) is 15.3. The lowest BCUT2D eigenvalue weighted by atomic mass is 10.0. The third kappa shape index (κ3) is 5.09. The molecule has 2 aromatic carbocycles. The molecule has 160 valence electrons. The number of carbonyl (C=O) groups is 1. The molecule has 0 aliphatic carbocycles. The van der Waals surface area contributed by atoms with Crippen molar-refractivity contribution in [3.63, 3.8) is 0 Å². The molecule has 0 radical (unpaired) electrons. The highest BCUT2D eigenvalue weighted by atomic mass is 35.5. The molecular formula is C24H25ClN4O2. The molecule has 0 aliphatic rings. The van der Waals surface area contributed by atoms with Crippen molar-refractivity contribution in [1.82, 2.24) is 20.3 Å². The first-order chi connectivity index (χ1) is 14.8. The van der Waals surface area contributed by atoms with Crippen molar-refractivity contribution >= 4 is 28.6 Å². The van der Waals surface area contributed by atoms with E-state index < -0.39 is 17.7 Å². The average molecular weight is 437 g/mol. The third-order valence-electron chi connectivity index (χ3n) is 4.85. The Morgan fingerprint density at radius 3 is 2.71 bits per heavy atom. The van der Waals surface area contributed by atoms with Crippen LogP contribution in [0.5, 0.6) is 0 Å². The zero-order chi connectivity index (χ0) is 22.0. The Balaban J connectivity index is 1.64. The number of H-pyrrole nitrogens is 2. The summed E-state index contributed by atoms with van der Waals surface area (Å²) in [4.78, 5) is 23.7. The molecule has 0 aliphatic heterocycles. The molecule has 0 saturated carbocycles. The number of benzene rings is 2. The Morgan fingerprint density at radius 2 is 1.97 bits per heavy atom. The standard InChI is InChI=1S/C24H25ClN4O2/c1-24(2,3)31-23(30)29-20(11-16-13-26-19-12-17(25)9-10-18(16)19)22-27-14-21(28-22)15-7-5-4-6-8-15/h4-10,12-14,20,26H,11H2,1-3H3,(H,27,28)(H,29,30). The monoisotopic (exact) mass is 436 g/mol. The minimum Gasteiger partial charge on any atom is -0.444 e. The van der Waals surface area contributed by atoms with E-state index in [0.717, 1.165) is 27.7 Å². The maximum atomic E-state index is 12.6. The average Bonchev–Trinajstić information content (AvgIpc) is 3.34. The number of fused-ring (bicyclic) bond motifs is 1. The van der Waals surface area contributed by atoms with Crippen molar-refractivity contribution in [2.75, 3.05) is 0 Å². The number of alkyl carbamates (subject to hydrolysis) is 1. The van der Waals surface area contributed by atoms with Gasteiger partial charge in [-0.3, -0.25) is 0 Å². The van der Waals surface area contributed by atoms with Crippen LogP contribution in [0.1, 0.15) is 38.2 Å². The smallest absolute Gasteiger partial charge is 0.408 e. The largest absolute Gasteiger partial charge is 0.444 e. The van der Waals surface area contributed by atoms with Crippen molar-refractivity contribution < 1.29 is 9.53 Å². The molecule has 0 saturated heterocycles. The van der Waals surface area contributed by atoms with Crippen LogP contribution in [0.2, 0.25) is 5.02 Å². The van der Waals surface area contributed by atoms with Crippen LogP contribution in [0.25, 0.3) is 22.2 Å². The summed E-state index contributed by atoms with van der Waals surface area (Å²) in [5.41, 5.74) is 3.31. The maximum absolute atomic E-state index is 12.6. The van der Waals surface area contributed by atoms with Gasteiger partial charge >= 0.3 is 6.09 Å². The van der Waals surface area contributed by atoms with Crippen LogP contribution in [-0.4, -0.2) is 26.6 Å². The number of nitrogens with one attached hydrogen (secondary N) is 3. The number of rotatable bonds is 5. The van der Waals surface area contributed by atoms with E-state index in [1.54, 1.807) is 6.20 Å². The van der Waals surface area contributed by atoms with Crippen LogP contribution in [0.4, 0.5) is 4.79 Å². The van der Waals surface area contributed by atoms with E-state index in [1.165, 1.54) is 0 Å². The van der Waals surface area contributed by atoms with Crippen LogP contribution in [0.15, 0.2) is 60.9 Å². The highest BCUT2D eigenvalue weighted by Gasteiger charge is 2.24. The van der Waals surface area contributed by atoms with Crippen LogP contribution in [-0.2, 0) is 11.2 Å². The molecule has 1 atom stereocenters. The minimum atomic E-state index is -0.593. The van der Waals surface area contributed by atoms with Crippen LogP contribution in [0.3, 0.4) is 0 Å². The molecule has 4 aromatic rings. The lowest BCUT2D eigenvalue weighted by molar-refractivity contribution is 0.0501. The van der Waals surface area contributed by atoms with Gasteiger partial charge in [-0.2, -0.15) is 0 Å². The summed E-state index contributed by atoms with van der Waals surface area (Å²) < 4.78 is 5.49. The molecule has 31 heavy (non-hydrogen) atoms. The van der Waals surface area contributed by atoms with Crippen LogP contribution in [0, 0.1) is 0 Å². The van der Waals surface area contributed by atoms with Gasteiger partial charge in [-0.25, -0.2) is 9.78 Å². The number of imidazole rings is 1. The van der Waals surface area contributed by atoms with E-state index in [0.29, 0.717) is 17.3 Å². The van der Waals surface area contributed by atoms with Gasteiger partial charge in [0.1, 0.15) is 11.4 Å². The maximum Gasteiger partial charge on any atom is 0.408 e. The van der Waals surface area contributed by atoms with E-state index >= 15 is 0 Å². The highest BCUT2D eigenvalue weighted by Crippen LogP contribution is 2.27. The number of amides is 1. The molecule has 1 unspecified atom stereocenters. The SMILES string of the molecule is CC(C)(C)OC(=O)NC(Cc1c[nH]c2cc(Cl)ccc12)c1ncc(-c2ccccc2)[nH]1. The Kier molecular flexibility index (Phi) is 5.74. The van der Waals surface area contributed by atoms with Gasteiger partial charge in [0, 0.05) is 28.5 Å². The Bertz CT molecular complexity index is 1190. The number of ether oxygens (including phenoxy) is 1. The predicted octanol–water partition coefficient (Wildman–Crippen LogP) is 6.02. The fourth-order valence-corrected chi connectivity index (χ4v) is 3.66. The fraction of sp³-hybridized carbons (Fsp3) is 0.250. The molecule has 0 bridgehead atoms. The van der Waals surface area contributed by atoms with Gasteiger partial charge in [0.05, 0.1) is 17.9 Å². The van der Waals surface area contributed by atoms with Crippen molar-refractivity contribution in [2.45, 2.75) is 38.8 Å². The number of hydrogen-bond donors (Lipinski definition) is 3. The topological polar surface area (TPSA) is 82.8 Å². The quantitative estimate of drug-likeness (QED) is 0.357. The lowest BCUT2D eigenvalue weighted by Crippen LogP contribution is -2.36. The normalized spacial score (nSPS) is 12.6. The number of nitrogens with zero attached hydrogens (tertiary/aromatic N) is 1. The second-order valence-electron chi connectivity index (χ2n) is 8.45. The zero-order valence-corrected chi connectivity index (χ0v) is 18.5. The molecule has 6 nitrogen and oxygen atoms in total. The Labute approximate surface area is 186 Å². The number of aromatic amines is 2. The number of hydrogen-bond acceptors (Lipinski definition) is 3. The Hall–Kier alpha value is -3.25. The summed E-state index contributed by atoms with van der Waals surface area (Å²) >= 11 is 6.11. The van der Waals surface area contributed by atoms with Gasteiger partial charge in [0.15, 0.2) is 0 Å². The highest BCUT2D eigenvalue weighted by molar-refractivity contribution is 6.31.